The summed E-state index contributed by atoms with van der Waals surface area (Å²) in [6.07, 6.45) is 1.43. The van der Waals surface area contributed by atoms with Gasteiger partial charge in [0.25, 0.3) is 5.69 Å². The summed E-state index contributed by atoms with van der Waals surface area (Å²) in [7, 11) is 0. The maximum absolute atomic E-state index is 12.9. The van der Waals surface area contributed by atoms with Crippen LogP contribution in [0.5, 0.6) is 0 Å². The number of nitrogens with zero attached hydrogens (tertiary/aromatic N) is 2. The molecule has 5 nitrogen and oxygen atoms in total. The molecule has 0 fully saturated rings. The van der Waals surface area contributed by atoms with Crippen LogP contribution in [-0.2, 0) is 0 Å². The summed E-state index contributed by atoms with van der Waals surface area (Å²) < 4.78 is 12.9. The van der Waals surface area contributed by atoms with E-state index in [1.165, 1.54) is 30.5 Å². The standard InChI is InChI=1S/C13H10FN3O2/c14-11-4-1-3-10(7-11)9-15-16-12-5-2-6-13(8-12)17(18)19/h1-9,16H/b15-9+. The minimum absolute atomic E-state index is 0.0223. The first kappa shape index (κ1) is 12.7. The highest BCUT2D eigenvalue weighted by atomic mass is 19.1. The molecule has 0 atom stereocenters. The highest BCUT2D eigenvalue weighted by Gasteiger charge is 2.04. The quantitative estimate of drug-likeness (QED) is 0.521. The highest BCUT2D eigenvalue weighted by molar-refractivity contribution is 5.80. The number of halogens is 1. The first-order chi connectivity index (χ1) is 9.15. The van der Waals surface area contributed by atoms with E-state index in [4.69, 9.17) is 0 Å². The second-order valence-corrected chi connectivity index (χ2v) is 3.73. The van der Waals surface area contributed by atoms with Crippen LogP contribution in [-0.4, -0.2) is 11.1 Å². The van der Waals surface area contributed by atoms with Crippen molar-refractivity contribution in [3.8, 4) is 0 Å². The van der Waals surface area contributed by atoms with E-state index in [-0.39, 0.29) is 11.5 Å². The predicted octanol–water partition coefficient (Wildman–Crippen LogP) is 3.18. The van der Waals surface area contributed by atoms with Crippen LogP contribution in [0.4, 0.5) is 15.8 Å². The van der Waals surface area contributed by atoms with Gasteiger partial charge in [0.2, 0.25) is 0 Å². The fourth-order valence-electron chi connectivity index (χ4n) is 1.46. The summed E-state index contributed by atoms with van der Waals surface area (Å²) in [5.74, 6) is -0.348. The number of benzene rings is 2. The van der Waals surface area contributed by atoms with Crippen molar-refractivity contribution in [1.29, 1.82) is 0 Å². The average Bonchev–Trinajstić information content (AvgIpc) is 2.39. The Morgan fingerprint density at radius 3 is 2.74 bits per heavy atom. The molecule has 0 aliphatic carbocycles. The van der Waals surface area contributed by atoms with E-state index in [0.717, 1.165) is 0 Å². The van der Waals surface area contributed by atoms with Crippen molar-refractivity contribution in [3.05, 3.63) is 70.0 Å². The molecule has 0 unspecified atom stereocenters. The monoisotopic (exact) mass is 259 g/mol. The van der Waals surface area contributed by atoms with Crippen molar-refractivity contribution in [2.24, 2.45) is 5.10 Å². The van der Waals surface area contributed by atoms with E-state index in [0.29, 0.717) is 11.3 Å². The van der Waals surface area contributed by atoms with Crippen molar-refractivity contribution >= 4 is 17.6 Å². The Balaban J connectivity index is 2.06. The molecule has 0 heterocycles. The van der Waals surface area contributed by atoms with Crippen LogP contribution in [0.1, 0.15) is 5.56 Å². The number of anilines is 1. The highest BCUT2D eigenvalue weighted by Crippen LogP contribution is 2.16. The molecule has 2 aromatic rings. The molecule has 2 rings (SSSR count). The largest absolute Gasteiger partial charge is 0.278 e. The summed E-state index contributed by atoms with van der Waals surface area (Å²) in [5, 5.41) is 14.5. The molecule has 0 saturated heterocycles. The Kier molecular flexibility index (Phi) is 3.82. The first-order valence-electron chi connectivity index (χ1n) is 5.44. The average molecular weight is 259 g/mol. The summed E-state index contributed by atoms with van der Waals surface area (Å²) in [4.78, 5) is 10.1. The Hall–Kier alpha value is -2.76. The molecule has 0 bridgehead atoms. The van der Waals surface area contributed by atoms with E-state index in [9.17, 15) is 14.5 Å². The van der Waals surface area contributed by atoms with Crippen molar-refractivity contribution in [3.63, 3.8) is 0 Å². The molecular formula is C13H10FN3O2. The number of hydrogen-bond acceptors (Lipinski definition) is 4. The van der Waals surface area contributed by atoms with E-state index in [1.54, 1.807) is 24.3 Å². The fraction of sp³-hybridized carbons (Fsp3) is 0. The lowest BCUT2D eigenvalue weighted by Gasteiger charge is -1.99. The SMILES string of the molecule is O=[N+]([O-])c1cccc(N/N=C/c2cccc(F)c2)c1. The van der Waals surface area contributed by atoms with Gasteiger partial charge in [-0.1, -0.05) is 18.2 Å². The maximum Gasteiger partial charge on any atom is 0.271 e. The molecule has 0 aliphatic heterocycles. The summed E-state index contributed by atoms with van der Waals surface area (Å²) >= 11 is 0. The van der Waals surface area contributed by atoms with E-state index >= 15 is 0 Å². The minimum Gasteiger partial charge on any atom is -0.278 e. The molecule has 6 heteroatoms. The number of non-ortho nitro benzene ring substituents is 1. The zero-order chi connectivity index (χ0) is 13.7. The smallest absolute Gasteiger partial charge is 0.271 e. The number of hydrogen-bond donors (Lipinski definition) is 1. The third-order valence-corrected chi connectivity index (χ3v) is 2.31. The van der Waals surface area contributed by atoms with E-state index < -0.39 is 4.92 Å². The fourth-order valence-corrected chi connectivity index (χ4v) is 1.46. The molecule has 19 heavy (non-hydrogen) atoms. The molecular weight excluding hydrogens is 249 g/mol. The van der Waals surface area contributed by atoms with Crippen LogP contribution in [0, 0.1) is 15.9 Å². The van der Waals surface area contributed by atoms with Crippen molar-refractivity contribution in [2.75, 3.05) is 5.43 Å². The normalized spacial score (nSPS) is 10.6. The van der Waals surface area contributed by atoms with Gasteiger partial charge < -0.3 is 0 Å². The van der Waals surface area contributed by atoms with Gasteiger partial charge >= 0.3 is 0 Å². The molecule has 0 spiro atoms. The third-order valence-electron chi connectivity index (χ3n) is 2.31. The van der Waals surface area contributed by atoms with Gasteiger partial charge in [-0.15, -0.1) is 0 Å². The zero-order valence-corrected chi connectivity index (χ0v) is 9.79. The first-order valence-corrected chi connectivity index (χ1v) is 5.44. The topological polar surface area (TPSA) is 67.5 Å². The van der Waals surface area contributed by atoms with Crippen LogP contribution in [0.2, 0.25) is 0 Å². The van der Waals surface area contributed by atoms with Crippen molar-refractivity contribution in [1.82, 2.24) is 0 Å². The molecule has 0 aliphatic rings. The van der Waals surface area contributed by atoms with Crippen molar-refractivity contribution in [2.45, 2.75) is 0 Å². The molecule has 1 N–H and O–H groups in total. The number of rotatable bonds is 4. The number of nitro groups is 1. The second-order valence-electron chi connectivity index (χ2n) is 3.73. The number of nitrogens with one attached hydrogen (secondary N) is 1. The summed E-state index contributed by atoms with van der Waals surface area (Å²) in [6, 6.07) is 11.9. The molecule has 0 saturated carbocycles. The van der Waals surface area contributed by atoms with Gasteiger partial charge in [0.05, 0.1) is 16.8 Å². The lowest BCUT2D eigenvalue weighted by Crippen LogP contribution is -1.93. The van der Waals surface area contributed by atoms with Gasteiger partial charge in [-0.3, -0.25) is 15.5 Å². The van der Waals surface area contributed by atoms with Gasteiger partial charge in [0.15, 0.2) is 0 Å². The maximum atomic E-state index is 12.9. The Morgan fingerprint density at radius 1 is 1.21 bits per heavy atom. The molecule has 96 valence electrons. The van der Waals surface area contributed by atoms with Crippen LogP contribution in [0.15, 0.2) is 53.6 Å². The molecule has 0 radical (unpaired) electrons. The molecule has 0 amide bonds. The molecule has 2 aromatic carbocycles. The second kappa shape index (κ2) is 5.72. The van der Waals surface area contributed by atoms with Crippen LogP contribution in [0.25, 0.3) is 0 Å². The predicted molar refractivity (Wildman–Crippen MR) is 70.7 cm³/mol. The van der Waals surface area contributed by atoms with Gasteiger partial charge in [0.1, 0.15) is 5.82 Å². The van der Waals surface area contributed by atoms with Crippen LogP contribution >= 0.6 is 0 Å². The number of nitro benzene ring substituents is 1. The summed E-state index contributed by atoms with van der Waals surface area (Å²) in [6.45, 7) is 0. The van der Waals surface area contributed by atoms with Crippen LogP contribution in [0.3, 0.4) is 0 Å². The van der Waals surface area contributed by atoms with Crippen molar-refractivity contribution < 1.29 is 9.31 Å². The Bertz CT molecular complexity index is 629. The van der Waals surface area contributed by atoms with Gasteiger partial charge in [-0.25, -0.2) is 4.39 Å². The van der Waals surface area contributed by atoms with Crippen LogP contribution < -0.4 is 5.43 Å². The lowest BCUT2D eigenvalue weighted by atomic mass is 10.2. The van der Waals surface area contributed by atoms with Gasteiger partial charge in [-0.2, -0.15) is 5.10 Å². The van der Waals surface area contributed by atoms with E-state index in [2.05, 4.69) is 10.5 Å². The Labute approximate surface area is 108 Å². The summed E-state index contributed by atoms with van der Waals surface area (Å²) in [5.41, 5.74) is 3.71. The third kappa shape index (κ3) is 3.60. The van der Waals surface area contributed by atoms with Gasteiger partial charge in [0, 0.05) is 12.1 Å². The lowest BCUT2D eigenvalue weighted by molar-refractivity contribution is -0.384. The Morgan fingerprint density at radius 2 is 2.00 bits per heavy atom. The van der Waals surface area contributed by atoms with Gasteiger partial charge in [-0.05, 0) is 23.8 Å². The molecule has 0 aromatic heterocycles. The minimum atomic E-state index is -0.485. The zero-order valence-electron chi connectivity index (χ0n) is 9.79. The number of hydrazone groups is 1. The van der Waals surface area contributed by atoms with E-state index in [1.807, 2.05) is 0 Å².